The average Bonchev–Trinajstić information content (AvgIpc) is 3.20. The molecular weight excluding hydrogens is 823 g/mol. The third kappa shape index (κ3) is 9.16. The number of aromatic nitrogens is 4. The molecular formula is C43H40N8O4Zn2+4. The smallest absolute Gasteiger partial charge is 0.290 e. The molecule has 0 fully saturated rings. The fourth-order valence-electron chi connectivity index (χ4n) is 7.17. The number of carbonyl (C=O) groups is 4. The van der Waals surface area contributed by atoms with E-state index in [1.807, 2.05) is 72.8 Å². The quantitative estimate of drug-likeness (QED) is 0.100. The van der Waals surface area contributed by atoms with Crippen LogP contribution in [0.2, 0.25) is 0 Å². The molecule has 0 saturated heterocycles. The number of carbonyl (C=O) groups excluding carboxylic acids is 4. The van der Waals surface area contributed by atoms with Gasteiger partial charge in [0.15, 0.2) is 0 Å². The van der Waals surface area contributed by atoms with Gasteiger partial charge in [0.1, 0.15) is 0 Å². The normalized spacial score (nSPS) is 13.1. The van der Waals surface area contributed by atoms with Crippen molar-refractivity contribution in [3.63, 3.8) is 0 Å². The first-order valence-electron chi connectivity index (χ1n) is 17.8. The molecule has 57 heavy (non-hydrogen) atoms. The Hall–Kier alpha value is -5.25. The van der Waals surface area contributed by atoms with Crippen LogP contribution in [-0.2, 0) is 65.1 Å². The van der Waals surface area contributed by atoms with Crippen molar-refractivity contribution in [1.29, 1.82) is 0 Å². The molecule has 8 rings (SSSR count). The number of hydrogen-bond acceptors (Lipinski definition) is 10. The van der Waals surface area contributed by atoms with Crippen LogP contribution in [-0.4, -0.2) is 89.3 Å². The van der Waals surface area contributed by atoms with Gasteiger partial charge in [0.2, 0.25) is 0 Å². The van der Waals surface area contributed by atoms with Crippen LogP contribution in [0.3, 0.4) is 0 Å². The van der Waals surface area contributed by atoms with E-state index in [0.717, 1.165) is 22.8 Å². The van der Waals surface area contributed by atoms with E-state index in [4.69, 9.17) is 0 Å². The Morgan fingerprint density at radius 1 is 0.404 bits per heavy atom. The minimum Gasteiger partial charge on any atom is -0.290 e. The SMILES string of the molecule is C.O=C1c2ccc3c4c(ccc(c24)C(=O)N1CCN(Cc1ccccn1)Cc1ccccn1)C(=O)N(CCN(Cc1ccccn1)Cc1ccccn1)C3=O.[Zn+2].[Zn+2]. The van der Waals surface area contributed by atoms with Gasteiger partial charge in [-0.1, -0.05) is 31.7 Å². The molecule has 6 heterocycles. The Morgan fingerprint density at radius 2 is 0.667 bits per heavy atom. The second kappa shape index (κ2) is 19.3. The molecule has 14 heteroatoms. The maximum absolute atomic E-state index is 14.0. The van der Waals surface area contributed by atoms with E-state index in [1.54, 1.807) is 49.1 Å². The molecule has 0 atom stereocenters. The Kier molecular flexibility index (Phi) is 14.5. The summed E-state index contributed by atoms with van der Waals surface area (Å²) in [5.41, 5.74) is 4.57. The summed E-state index contributed by atoms with van der Waals surface area (Å²) < 4.78 is 0. The van der Waals surface area contributed by atoms with Crippen molar-refractivity contribution in [3.8, 4) is 0 Å². The van der Waals surface area contributed by atoms with Gasteiger partial charge in [0, 0.05) is 110 Å². The molecule has 2 aromatic carbocycles. The average molecular weight is 864 g/mol. The summed E-state index contributed by atoms with van der Waals surface area (Å²) in [4.78, 5) is 80.7. The third-order valence-electron chi connectivity index (χ3n) is 9.79. The van der Waals surface area contributed by atoms with Crippen LogP contribution in [0.15, 0.2) is 122 Å². The van der Waals surface area contributed by atoms with Crippen molar-refractivity contribution < 1.29 is 58.1 Å². The van der Waals surface area contributed by atoms with Crippen LogP contribution in [0, 0.1) is 0 Å². The largest absolute Gasteiger partial charge is 2.00 e. The second-order valence-corrected chi connectivity index (χ2v) is 13.3. The summed E-state index contributed by atoms with van der Waals surface area (Å²) in [5, 5.41) is 0.701. The zero-order chi connectivity index (χ0) is 37.0. The van der Waals surface area contributed by atoms with E-state index in [1.165, 1.54) is 9.80 Å². The van der Waals surface area contributed by atoms with Crippen LogP contribution in [0.25, 0.3) is 10.8 Å². The van der Waals surface area contributed by atoms with Crippen molar-refractivity contribution in [2.45, 2.75) is 33.6 Å². The number of imide groups is 2. The number of rotatable bonds is 14. The number of nitrogens with zero attached hydrogens (tertiary/aromatic N) is 8. The number of amides is 4. The molecule has 12 nitrogen and oxygen atoms in total. The van der Waals surface area contributed by atoms with Gasteiger partial charge >= 0.3 is 39.0 Å². The van der Waals surface area contributed by atoms with Crippen LogP contribution in [0.1, 0.15) is 71.6 Å². The zero-order valence-corrected chi connectivity index (χ0v) is 36.8. The monoisotopic (exact) mass is 860 g/mol. The van der Waals surface area contributed by atoms with Crippen LogP contribution in [0.5, 0.6) is 0 Å². The van der Waals surface area contributed by atoms with E-state index in [0.29, 0.717) is 50.0 Å². The molecule has 0 unspecified atom stereocenters. The predicted molar refractivity (Wildman–Crippen MR) is 207 cm³/mol. The number of benzene rings is 2. The van der Waals surface area contributed by atoms with Gasteiger partial charge in [-0.25, -0.2) is 0 Å². The summed E-state index contributed by atoms with van der Waals surface area (Å²) in [6, 6.07) is 29.3. The van der Waals surface area contributed by atoms with E-state index in [9.17, 15) is 19.2 Å². The van der Waals surface area contributed by atoms with E-state index in [-0.39, 0.29) is 81.7 Å². The zero-order valence-electron chi connectivity index (χ0n) is 30.8. The van der Waals surface area contributed by atoms with Gasteiger partial charge in [-0.3, -0.25) is 58.7 Å². The second-order valence-electron chi connectivity index (χ2n) is 13.3. The molecule has 4 aromatic heterocycles. The Balaban J connectivity index is 0.00000207. The summed E-state index contributed by atoms with van der Waals surface area (Å²) in [6.07, 6.45) is 6.94. The molecule has 0 N–H and O–H groups in total. The summed E-state index contributed by atoms with van der Waals surface area (Å²) in [5.74, 6) is -1.86. The maximum Gasteiger partial charge on any atom is 2.00 e. The number of pyridine rings is 4. The molecule has 2 aliphatic rings. The van der Waals surface area contributed by atoms with Crippen LogP contribution < -0.4 is 0 Å². The van der Waals surface area contributed by atoms with Gasteiger partial charge in [-0.15, -0.1) is 0 Å². The molecule has 0 saturated carbocycles. The Labute approximate surface area is 356 Å². The van der Waals surface area contributed by atoms with Gasteiger partial charge in [-0.2, -0.15) is 0 Å². The summed E-state index contributed by atoms with van der Waals surface area (Å²) in [7, 11) is 0. The first-order valence-corrected chi connectivity index (χ1v) is 17.8. The fraction of sp³-hybridized carbons (Fsp3) is 0.209. The molecule has 0 radical (unpaired) electrons. The summed E-state index contributed by atoms with van der Waals surface area (Å²) >= 11 is 0. The van der Waals surface area contributed by atoms with Gasteiger partial charge in [-0.05, 0) is 72.8 Å². The van der Waals surface area contributed by atoms with Gasteiger partial charge in [0.05, 0.1) is 22.8 Å². The minimum absolute atomic E-state index is 0. The van der Waals surface area contributed by atoms with E-state index < -0.39 is 23.6 Å². The number of hydrogen-bond donors (Lipinski definition) is 0. The van der Waals surface area contributed by atoms with Crippen molar-refractivity contribution in [2.75, 3.05) is 26.2 Å². The van der Waals surface area contributed by atoms with E-state index >= 15 is 0 Å². The standard InChI is InChI=1S/C42H36N8O4.CH4.2Zn/c51-39-33-13-15-35-38-36(42(54)50(41(35)53)24-22-48(27-31-11-3-7-19-45-31)28-32-12-4-8-20-46-32)16-14-34(37(33)38)40(52)49(39)23-21-47(25-29-9-1-5-17-43-29)26-30-10-2-6-18-44-30;;;/h1-20H,21-28H2;1H4;;/q;;2*+2. The first-order chi connectivity index (χ1) is 26.4. The van der Waals surface area contributed by atoms with Gasteiger partial charge < -0.3 is 0 Å². The van der Waals surface area contributed by atoms with Gasteiger partial charge in [0.25, 0.3) is 23.6 Å². The molecule has 0 spiro atoms. The van der Waals surface area contributed by atoms with Crippen molar-refractivity contribution >= 4 is 34.4 Å². The van der Waals surface area contributed by atoms with Crippen LogP contribution >= 0.6 is 0 Å². The van der Waals surface area contributed by atoms with Crippen LogP contribution in [0.4, 0.5) is 0 Å². The Morgan fingerprint density at radius 3 is 0.895 bits per heavy atom. The third-order valence-corrected chi connectivity index (χ3v) is 9.79. The molecule has 4 amide bonds. The minimum atomic E-state index is -0.464. The Bertz CT molecular complexity index is 2040. The summed E-state index contributed by atoms with van der Waals surface area (Å²) in [6.45, 7) is 3.00. The fourth-order valence-corrected chi connectivity index (χ4v) is 7.17. The molecule has 2 aliphatic heterocycles. The first kappa shape index (κ1) is 42.9. The molecule has 0 bridgehead atoms. The predicted octanol–water partition coefficient (Wildman–Crippen LogP) is 5.65. The van der Waals surface area contributed by atoms with Crippen molar-refractivity contribution in [1.82, 2.24) is 39.5 Å². The molecule has 6 aromatic rings. The van der Waals surface area contributed by atoms with E-state index in [2.05, 4.69) is 29.7 Å². The topological polar surface area (TPSA) is 133 Å². The maximum atomic E-state index is 14.0. The molecule has 276 valence electrons. The van der Waals surface area contributed by atoms with Crippen molar-refractivity contribution in [2.24, 2.45) is 0 Å². The molecule has 0 aliphatic carbocycles. The van der Waals surface area contributed by atoms with Crippen molar-refractivity contribution in [3.05, 3.63) is 167 Å².